The first-order chi connectivity index (χ1) is 9.58. The number of rotatable bonds is 4. The third-order valence-electron chi connectivity index (χ3n) is 3.00. The molecule has 0 saturated carbocycles. The summed E-state index contributed by atoms with van der Waals surface area (Å²) >= 11 is 0. The zero-order chi connectivity index (χ0) is 14.5. The molecule has 1 aromatic carbocycles. The maximum absolute atomic E-state index is 12.2. The van der Waals surface area contributed by atoms with E-state index in [1.807, 2.05) is 6.08 Å². The van der Waals surface area contributed by atoms with Crippen molar-refractivity contribution in [3.63, 3.8) is 0 Å². The number of aromatic hydroxyl groups is 1. The number of para-hydroxylation sites is 1. The fraction of sp³-hybridized carbons (Fsp3) is 0.200. The van der Waals surface area contributed by atoms with Gasteiger partial charge in [-0.25, -0.2) is 0 Å². The molecule has 1 aliphatic carbocycles. The standard InChI is InChI=1S/C15H15NO4/c17-13-7-2-1-4-10(13)8-11-5-3-6-12(15(11)20)16-9-14(18)19/h1-4,6-8,12,16-17H,5,9H2,(H,18,19). The predicted molar refractivity (Wildman–Crippen MR) is 74.3 cm³/mol. The number of aliphatic carboxylic acids is 1. The average Bonchev–Trinajstić information content (AvgIpc) is 2.42. The molecule has 0 bridgehead atoms. The highest BCUT2D eigenvalue weighted by Crippen LogP contribution is 2.23. The van der Waals surface area contributed by atoms with Crippen molar-refractivity contribution in [1.29, 1.82) is 0 Å². The molecular weight excluding hydrogens is 258 g/mol. The van der Waals surface area contributed by atoms with Gasteiger partial charge in [-0.2, -0.15) is 0 Å². The number of carbonyl (C=O) groups is 2. The molecule has 104 valence electrons. The van der Waals surface area contributed by atoms with E-state index in [1.54, 1.807) is 36.4 Å². The monoisotopic (exact) mass is 273 g/mol. The molecule has 0 aliphatic heterocycles. The summed E-state index contributed by atoms with van der Waals surface area (Å²) in [5.74, 6) is -1.07. The van der Waals surface area contributed by atoms with Crippen LogP contribution in [0.2, 0.25) is 0 Å². The van der Waals surface area contributed by atoms with Gasteiger partial charge in [-0.15, -0.1) is 0 Å². The summed E-state index contributed by atoms with van der Waals surface area (Å²) in [6.45, 7) is -0.273. The van der Waals surface area contributed by atoms with Gasteiger partial charge in [0.25, 0.3) is 0 Å². The molecule has 0 radical (unpaired) electrons. The number of carbonyl (C=O) groups excluding carboxylic acids is 1. The van der Waals surface area contributed by atoms with Crippen molar-refractivity contribution in [2.45, 2.75) is 12.5 Å². The van der Waals surface area contributed by atoms with Crippen LogP contribution < -0.4 is 5.32 Å². The summed E-state index contributed by atoms with van der Waals surface area (Å²) in [7, 11) is 0. The summed E-state index contributed by atoms with van der Waals surface area (Å²) < 4.78 is 0. The first kappa shape index (κ1) is 14.0. The minimum atomic E-state index is -1.01. The van der Waals surface area contributed by atoms with Crippen LogP contribution in [-0.2, 0) is 9.59 Å². The summed E-state index contributed by atoms with van der Waals surface area (Å²) in [4.78, 5) is 22.7. The first-order valence-electron chi connectivity index (χ1n) is 6.22. The van der Waals surface area contributed by atoms with E-state index >= 15 is 0 Å². The lowest BCUT2D eigenvalue weighted by molar-refractivity contribution is -0.136. The Labute approximate surface area is 116 Å². The minimum absolute atomic E-state index is 0.109. The number of ketones is 1. The Hall–Kier alpha value is -2.40. The Bertz CT molecular complexity index is 589. The van der Waals surface area contributed by atoms with Crippen LogP contribution in [0.1, 0.15) is 12.0 Å². The number of benzene rings is 1. The predicted octanol–water partition coefficient (Wildman–Crippen LogP) is 1.35. The number of hydrogen-bond donors (Lipinski definition) is 3. The van der Waals surface area contributed by atoms with Crippen LogP contribution in [0.15, 0.2) is 42.0 Å². The number of phenolic OH excluding ortho intramolecular Hbond substituents is 1. The molecule has 0 aromatic heterocycles. The van der Waals surface area contributed by atoms with E-state index < -0.39 is 12.0 Å². The number of phenols is 1. The van der Waals surface area contributed by atoms with E-state index in [9.17, 15) is 14.7 Å². The van der Waals surface area contributed by atoms with Crippen molar-refractivity contribution in [2.24, 2.45) is 0 Å². The van der Waals surface area contributed by atoms with E-state index in [2.05, 4.69) is 5.32 Å². The Morgan fingerprint density at radius 3 is 2.85 bits per heavy atom. The lowest BCUT2D eigenvalue weighted by atomic mass is 9.93. The van der Waals surface area contributed by atoms with Gasteiger partial charge >= 0.3 is 5.97 Å². The van der Waals surface area contributed by atoms with Crippen LogP contribution >= 0.6 is 0 Å². The third-order valence-corrected chi connectivity index (χ3v) is 3.00. The van der Waals surface area contributed by atoms with Crippen LogP contribution in [0.3, 0.4) is 0 Å². The minimum Gasteiger partial charge on any atom is -0.507 e. The van der Waals surface area contributed by atoms with Gasteiger partial charge < -0.3 is 10.2 Å². The van der Waals surface area contributed by atoms with Crippen molar-refractivity contribution in [3.8, 4) is 5.75 Å². The van der Waals surface area contributed by atoms with Crippen molar-refractivity contribution < 1.29 is 19.8 Å². The molecule has 20 heavy (non-hydrogen) atoms. The highest BCUT2D eigenvalue weighted by molar-refractivity contribution is 6.05. The van der Waals surface area contributed by atoms with E-state index in [0.29, 0.717) is 17.6 Å². The fourth-order valence-electron chi connectivity index (χ4n) is 2.00. The normalized spacial score (nSPS) is 20.3. The van der Waals surface area contributed by atoms with Gasteiger partial charge in [-0.05, 0) is 18.6 Å². The topological polar surface area (TPSA) is 86.6 Å². The highest BCUT2D eigenvalue weighted by Gasteiger charge is 2.22. The van der Waals surface area contributed by atoms with Gasteiger partial charge in [0.2, 0.25) is 0 Å². The number of carboxylic acids is 1. The van der Waals surface area contributed by atoms with Gasteiger partial charge in [0.1, 0.15) is 5.75 Å². The molecule has 1 unspecified atom stereocenters. The number of hydrogen-bond acceptors (Lipinski definition) is 4. The quantitative estimate of drug-likeness (QED) is 0.569. The molecule has 3 N–H and O–H groups in total. The van der Waals surface area contributed by atoms with Gasteiger partial charge in [-0.3, -0.25) is 14.9 Å². The molecule has 5 heteroatoms. The second-order valence-electron chi connectivity index (χ2n) is 4.48. The molecular formula is C15H15NO4. The lowest BCUT2D eigenvalue weighted by Crippen LogP contribution is -2.40. The molecule has 1 aliphatic rings. The second kappa shape index (κ2) is 6.16. The largest absolute Gasteiger partial charge is 0.507 e. The van der Waals surface area contributed by atoms with Crippen molar-refractivity contribution in [1.82, 2.24) is 5.32 Å². The molecule has 0 spiro atoms. The Morgan fingerprint density at radius 1 is 1.40 bits per heavy atom. The summed E-state index contributed by atoms with van der Waals surface area (Å²) in [5, 5.41) is 21.0. The maximum Gasteiger partial charge on any atom is 0.317 e. The van der Waals surface area contributed by atoms with E-state index in [1.165, 1.54) is 0 Å². The molecule has 1 aromatic rings. The SMILES string of the molecule is O=C(O)CNC1C=CCC(=Cc2ccccc2O)C1=O. The van der Waals surface area contributed by atoms with E-state index in [4.69, 9.17) is 5.11 Å². The van der Waals surface area contributed by atoms with Crippen LogP contribution in [0.5, 0.6) is 5.75 Å². The highest BCUT2D eigenvalue weighted by atomic mass is 16.4. The summed E-state index contributed by atoms with van der Waals surface area (Å²) in [6.07, 6.45) is 5.58. The average molecular weight is 273 g/mol. The third kappa shape index (κ3) is 3.33. The molecule has 0 saturated heterocycles. The summed E-state index contributed by atoms with van der Waals surface area (Å²) in [6, 6.07) is 6.12. The molecule has 0 fully saturated rings. The zero-order valence-electron chi connectivity index (χ0n) is 10.7. The van der Waals surface area contributed by atoms with Crippen molar-refractivity contribution >= 4 is 17.8 Å². The van der Waals surface area contributed by atoms with Crippen molar-refractivity contribution in [2.75, 3.05) is 6.54 Å². The molecule has 5 nitrogen and oxygen atoms in total. The van der Waals surface area contributed by atoms with E-state index in [0.717, 1.165) is 0 Å². The van der Waals surface area contributed by atoms with Crippen LogP contribution in [0.4, 0.5) is 0 Å². The number of carboxylic acid groups (broad SMARTS) is 1. The van der Waals surface area contributed by atoms with E-state index in [-0.39, 0.29) is 18.1 Å². The Kier molecular flexibility index (Phi) is 4.32. The molecule has 0 amide bonds. The van der Waals surface area contributed by atoms with Gasteiger partial charge in [0, 0.05) is 11.1 Å². The van der Waals surface area contributed by atoms with Crippen LogP contribution in [0.25, 0.3) is 6.08 Å². The smallest absolute Gasteiger partial charge is 0.317 e. The summed E-state index contributed by atoms with van der Waals surface area (Å²) in [5.41, 5.74) is 1.11. The maximum atomic E-state index is 12.2. The van der Waals surface area contributed by atoms with Crippen molar-refractivity contribution in [3.05, 3.63) is 47.6 Å². The number of Topliss-reactive ketones (excluding diaryl/α,β-unsaturated/α-hetero) is 1. The van der Waals surface area contributed by atoms with Gasteiger partial charge in [0.15, 0.2) is 5.78 Å². The molecule has 1 atom stereocenters. The van der Waals surface area contributed by atoms with Crippen LogP contribution in [-0.4, -0.2) is 34.6 Å². The fourth-order valence-corrected chi connectivity index (χ4v) is 2.00. The van der Waals surface area contributed by atoms with Gasteiger partial charge in [0.05, 0.1) is 12.6 Å². The molecule has 0 heterocycles. The second-order valence-corrected chi connectivity index (χ2v) is 4.48. The first-order valence-corrected chi connectivity index (χ1v) is 6.22. The number of nitrogens with one attached hydrogen (secondary N) is 1. The zero-order valence-corrected chi connectivity index (χ0v) is 10.7. The Balaban J connectivity index is 2.18. The van der Waals surface area contributed by atoms with Gasteiger partial charge in [-0.1, -0.05) is 30.4 Å². The Morgan fingerprint density at radius 2 is 2.15 bits per heavy atom. The number of allylic oxidation sites excluding steroid dienone is 1. The lowest BCUT2D eigenvalue weighted by Gasteiger charge is -2.18. The van der Waals surface area contributed by atoms with Crippen LogP contribution in [0, 0.1) is 0 Å². The molecule has 2 rings (SSSR count).